The second-order valence-corrected chi connectivity index (χ2v) is 6.76. The van der Waals surface area contributed by atoms with Crippen molar-refractivity contribution in [1.29, 1.82) is 0 Å². The van der Waals surface area contributed by atoms with Gasteiger partial charge in [-0.3, -0.25) is 9.67 Å². The number of hydrogen-bond donors (Lipinski definition) is 2. The Balaban J connectivity index is 1.76. The number of alkyl halides is 3. The smallest absolute Gasteiger partial charge is 0.356 e. The van der Waals surface area contributed by atoms with E-state index in [1.54, 1.807) is 7.05 Å². The first-order valence-corrected chi connectivity index (χ1v) is 9.09. The summed E-state index contributed by atoms with van der Waals surface area (Å²) in [5.74, 6) is 0.494. The van der Waals surface area contributed by atoms with Crippen LogP contribution in [0.4, 0.5) is 13.2 Å². The summed E-state index contributed by atoms with van der Waals surface area (Å²) in [5.41, 5.74) is -0.757. The second kappa shape index (κ2) is 9.25. The monoisotopic (exact) mass is 374 g/mol. The van der Waals surface area contributed by atoms with Gasteiger partial charge in [-0.2, -0.15) is 18.3 Å². The van der Waals surface area contributed by atoms with E-state index >= 15 is 0 Å². The van der Waals surface area contributed by atoms with Gasteiger partial charge in [0, 0.05) is 51.5 Å². The zero-order chi connectivity index (χ0) is 19.2. The SMILES string of the molecule is CN=C(NCCCN1CCCCC1C)NCc1cn(C)nc1C(F)(F)F. The van der Waals surface area contributed by atoms with Crippen molar-refractivity contribution < 1.29 is 13.2 Å². The summed E-state index contributed by atoms with van der Waals surface area (Å²) in [6.45, 7) is 5.17. The van der Waals surface area contributed by atoms with Gasteiger partial charge in [0.15, 0.2) is 11.7 Å². The minimum Gasteiger partial charge on any atom is -0.356 e. The van der Waals surface area contributed by atoms with Crippen molar-refractivity contribution in [3.8, 4) is 0 Å². The Morgan fingerprint density at radius 3 is 2.77 bits per heavy atom. The maximum Gasteiger partial charge on any atom is 0.435 e. The van der Waals surface area contributed by atoms with E-state index in [0.717, 1.165) is 26.1 Å². The first-order chi connectivity index (χ1) is 12.3. The van der Waals surface area contributed by atoms with Crippen LogP contribution in [0.15, 0.2) is 11.2 Å². The molecule has 1 aromatic heterocycles. The van der Waals surface area contributed by atoms with Crippen molar-refractivity contribution in [2.45, 2.75) is 51.4 Å². The molecule has 1 saturated heterocycles. The van der Waals surface area contributed by atoms with Gasteiger partial charge in [0.1, 0.15) is 0 Å². The number of piperidine rings is 1. The highest BCUT2D eigenvalue weighted by Crippen LogP contribution is 2.30. The molecular formula is C17H29F3N6. The van der Waals surface area contributed by atoms with Gasteiger partial charge in [-0.25, -0.2) is 0 Å². The number of rotatable bonds is 6. The molecule has 1 unspecified atom stereocenters. The molecule has 0 radical (unpaired) electrons. The predicted octanol–water partition coefficient (Wildman–Crippen LogP) is 2.37. The Labute approximate surface area is 152 Å². The molecule has 26 heavy (non-hydrogen) atoms. The first kappa shape index (κ1) is 20.5. The molecule has 2 heterocycles. The molecule has 2 rings (SSSR count). The number of aromatic nitrogens is 2. The minimum absolute atomic E-state index is 0.0194. The van der Waals surface area contributed by atoms with Crippen LogP contribution in [0.3, 0.4) is 0 Å². The molecule has 6 nitrogen and oxygen atoms in total. The lowest BCUT2D eigenvalue weighted by Crippen LogP contribution is -2.41. The van der Waals surface area contributed by atoms with Gasteiger partial charge >= 0.3 is 6.18 Å². The van der Waals surface area contributed by atoms with Crippen molar-refractivity contribution >= 4 is 5.96 Å². The summed E-state index contributed by atoms with van der Waals surface area (Å²) >= 11 is 0. The molecule has 0 saturated carbocycles. The van der Waals surface area contributed by atoms with E-state index in [2.05, 4.69) is 32.5 Å². The number of likely N-dealkylation sites (tertiary alicyclic amines) is 1. The maximum atomic E-state index is 13.0. The Morgan fingerprint density at radius 1 is 1.35 bits per heavy atom. The van der Waals surface area contributed by atoms with E-state index in [9.17, 15) is 13.2 Å². The Hall–Kier alpha value is -1.77. The summed E-state index contributed by atoms with van der Waals surface area (Å²) < 4.78 is 40.1. The van der Waals surface area contributed by atoms with Crippen molar-refractivity contribution in [2.75, 3.05) is 26.7 Å². The molecule has 1 aliphatic rings. The molecule has 0 aromatic carbocycles. The van der Waals surface area contributed by atoms with Crippen LogP contribution in [0.2, 0.25) is 0 Å². The summed E-state index contributed by atoms with van der Waals surface area (Å²) in [4.78, 5) is 6.57. The van der Waals surface area contributed by atoms with Crippen LogP contribution in [0, 0.1) is 0 Å². The molecule has 1 fully saturated rings. The van der Waals surface area contributed by atoms with Crippen molar-refractivity contribution in [2.24, 2.45) is 12.0 Å². The Bertz CT molecular complexity index is 596. The molecule has 0 aliphatic carbocycles. The number of halogens is 3. The standard InChI is InChI=1S/C17H29F3N6/c1-13-7-4-5-9-26(13)10-6-8-22-16(21-2)23-11-14-12-25(3)24-15(14)17(18,19)20/h12-13H,4-11H2,1-3H3,(H2,21,22,23). The van der Waals surface area contributed by atoms with Crippen LogP contribution in [-0.2, 0) is 19.8 Å². The summed E-state index contributed by atoms with van der Waals surface area (Å²) in [7, 11) is 3.09. The molecule has 0 amide bonds. The van der Waals surface area contributed by atoms with Gasteiger partial charge in [-0.05, 0) is 32.7 Å². The van der Waals surface area contributed by atoms with Crippen LogP contribution in [-0.4, -0.2) is 53.4 Å². The van der Waals surface area contributed by atoms with Crippen molar-refractivity contribution in [3.63, 3.8) is 0 Å². The first-order valence-electron chi connectivity index (χ1n) is 9.09. The lowest BCUT2D eigenvalue weighted by atomic mass is 10.0. The highest BCUT2D eigenvalue weighted by atomic mass is 19.4. The number of aliphatic imine (C=N–C) groups is 1. The van der Waals surface area contributed by atoms with Gasteiger partial charge in [-0.1, -0.05) is 6.42 Å². The second-order valence-electron chi connectivity index (χ2n) is 6.76. The van der Waals surface area contributed by atoms with E-state index in [1.165, 1.54) is 37.2 Å². The number of aryl methyl sites for hydroxylation is 1. The molecule has 2 N–H and O–H groups in total. The third-order valence-corrected chi connectivity index (χ3v) is 4.70. The largest absolute Gasteiger partial charge is 0.435 e. The molecule has 0 bridgehead atoms. The zero-order valence-corrected chi connectivity index (χ0v) is 15.7. The lowest BCUT2D eigenvalue weighted by Gasteiger charge is -2.33. The topological polar surface area (TPSA) is 57.5 Å². The van der Waals surface area contributed by atoms with E-state index in [-0.39, 0.29) is 12.1 Å². The Kier molecular flexibility index (Phi) is 7.31. The minimum atomic E-state index is -4.46. The highest BCUT2D eigenvalue weighted by molar-refractivity contribution is 5.79. The maximum absolute atomic E-state index is 13.0. The molecular weight excluding hydrogens is 345 g/mol. The van der Waals surface area contributed by atoms with Crippen molar-refractivity contribution in [3.05, 3.63) is 17.5 Å². The number of hydrogen-bond acceptors (Lipinski definition) is 3. The molecule has 1 aromatic rings. The van der Waals surface area contributed by atoms with Crippen LogP contribution < -0.4 is 10.6 Å². The highest BCUT2D eigenvalue weighted by Gasteiger charge is 2.36. The molecule has 148 valence electrons. The van der Waals surface area contributed by atoms with E-state index in [1.807, 2.05) is 0 Å². The van der Waals surface area contributed by atoms with Gasteiger partial charge in [-0.15, -0.1) is 0 Å². The lowest BCUT2D eigenvalue weighted by molar-refractivity contribution is -0.142. The number of guanidine groups is 1. The number of nitrogens with zero attached hydrogens (tertiary/aromatic N) is 4. The fourth-order valence-corrected chi connectivity index (χ4v) is 3.28. The average molecular weight is 374 g/mol. The average Bonchev–Trinajstić information content (AvgIpc) is 2.97. The van der Waals surface area contributed by atoms with E-state index < -0.39 is 11.9 Å². The summed E-state index contributed by atoms with van der Waals surface area (Å²) in [6, 6.07) is 0.632. The van der Waals surface area contributed by atoms with Gasteiger partial charge in [0.25, 0.3) is 0 Å². The third-order valence-electron chi connectivity index (χ3n) is 4.70. The fraction of sp³-hybridized carbons (Fsp3) is 0.765. The van der Waals surface area contributed by atoms with Gasteiger partial charge in [0.05, 0.1) is 0 Å². The van der Waals surface area contributed by atoms with Crippen LogP contribution in [0.1, 0.15) is 43.9 Å². The van der Waals surface area contributed by atoms with Crippen molar-refractivity contribution in [1.82, 2.24) is 25.3 Å². The summed E-state index contributed by atoms with van der Waals surface area (Å²) in [5, 5.41) is 9.60. The molecule has 0 spiro atoms. The van der Waals surface area contributed by atoms with Crippen LogP contribution in [0.25, 0.3) is 0 Å². The fourth-order valence-electron chi connectivity index (χ4n) is 3.28. The number of nitrogens with one attached hydrogen (secondary N) is 2. The predicted molar refractivity (Wildman–Crippen MR) is 95.9 cm³/mol. The molecule has 1 aliphatic heterocycles. The third kappa shape index (κ3) is 5.89. The van der Waals surface area contributed by atoms with Gasteiger partial charge in [0.2, 0.25) is 0 Å². The molecule has 9 heteroatoms. The zero-order valence-electron chi connectivity index (χ0n) is 15.7. The molecule has 1 atom stereocenters. The van der Waals surface area contributed by atoms with Crippen LogP contribution in [0.5, 0.6) is 0 Å². The normalized spacial score (nSPS) is 19.6. The summed E-state index contributed by atoms with van der Waals surface area (Å²) in [6.07, 6.45) is 1.70. The quantitative estimate of drug-likeness (QED) is 0.456. The van der Waals surface area contributed by atoms with E-state index in [4.69, 9.17) is 0 Å². The van der Waals surface area contributed by atoms with E-state index in [0.29, 0.717) is 12.0 Å². The van der Waals surface area contributed by atoms with Gasteiger partial charge < -0.3 is 15.5 Å². The Morgan fingerprint density at radius 2 is 2.12 bits per heavy atom. The van der Waals surface area contributed by atoms with Crippen LogP contribution >= 0.6 is 0 Å².